The number of hydrogen-bond acceptors (Lipinski definition) is 6. The third kappa shape index (κ3) is 4.55. The number of Topliss-reactive ketones (excluding diaryl/α,β-unsaturated/α-hetero) is 1. The van der Waals surface area contributed by atoms with E-state index in [4.69, 9.17) is 4.98 Å². The Morgan fingerprint density at radius 2 is 2.06 bits per heavy atom. The molecule has 0 aliphatic carbocycles. The van der Waals surface area contributed by atoms with Crippen LogP contribution in [0.4, 0.5) is 5.95 Å². The molecule has 0 radical (unpaired) electrons. The molecule has 1 aromatic carbocycles. The molecule has 166 valence electrons. The molecule has 3 heterocycles. The lowest BCUT2D eigenvalue weighted by Crippen LogP contribution is -2.42. The minimum absolute atomic E-state index is 0.0185. The first-order chi connectivity index (χ1) is 15.5. The second-order valence-corrected chi connectivity index (χ2v) is 9.96. The molecule has 0 spiro atoms. The Morgan fingerprint density at radius 3 is 2.81 bits per heavy atom. The molecule has 1 aliphatic rings. The van der Waals surface area contributed by atoms with Crippen LogP contribution in [0.25, 0.3) is 11.4 Å². The Labute approximate surface area is 190 Å². The Hall–Kier alpha value is -3.13. The predicted molar refractivity (Wildman–Crippen MR) is 130 cm³/mol. The lowest BCUT2D eigenvalue weighted by Gasteiger charge is -2.33. The molecular formula is C24H27N5O2S. The summed E-state index contributed by atoms with van der Waals surface area (Å²) in [6.45, 7) is 3.33. The highest BCUT2D eigenvalue weighted by Crippen LogP contribution is 2.28. The summed E-state index contributed by atoms with van der Waals surface area (Å²) in [4.78, 5) is 42.1. The topological polar surface area (TPSA) is 81.0 Å². The number of benzene rings is 1. The number of anilines is 1. The molecule has 32 heavy (non-hydrogen) atoms. The van der Waals surface area contributed by atoms with Crippen molar-refractivity contribution in [3.63, 3.8) is 0 Å². The van der Waals surface area contributed by atoms with Crippen LogP contribution in [-0.4, -0.2) is 50.0 Å². The van der Waals surface area contributed by atoms with Gasteiger partial charge >= 0.3 is 0 Å². The van der Waals surface area contributed by atoms with Gasteiger partial charge in [-0.2, -0.15) is 10.5 Å². The summed E-state index contributed by atoms with van der Waals surface area (Å²) in [5.74, 6) is 0.581. The van der Waals surface area contributed by atoms with Crippen LogP contribution in [0, 0.1) is 5.92 Å². The lowest BCUT2D eigenvalue weighted by molar-refractivity contribution is 0.0906. The molecule has 1 saturated heterocycles. The van der Waals surface area contributed by atoms with E-state index in [1.807, 2.05) is 30.0 Å². The molecule has 1 fully saturated rings. The van der Waals surface area contributed by atoms with E-state index in [0.29, 0.717) is 23.9 Å². The van der Waals surface area contributed by atoms with Gasteiger partial charge in [-0.05, 0) is 44.2 Å². The fourth-order valence-electron chi connectivity index (χ4n) is 3.98. The van der Waals surface area contributed by atoms with Crippen LogP contribution in [0.3, 0.4) is 0 Å². The van der Waals surface area contributed by atoms with E-state index in [1.165, 1.54) is 21.9 Å². The van der Waals surface area contributed by atoms with Crippen molar-refractivity contribution in [2.75, 3.05) is 24.2 Å². The van der Waals surface area contributed by atoms with Gasteiger partial charge in [-0.25, -0.2) is 15.0 Å². The number of ketones is 1. The summed E-state index contributed by atoms with van der Waals surface area (Å²) in [6.07, 6.45) is 6.92. The van der Waals surface area contributed by atoms with E-state index in [0.717, 1.165) is 24.9 Å². The molecule has 8 heteroatoms. The van der Waals surface area contributed by atoms with E-state index >= 15 is 0 Å². The summed E-state index contributed by atoms with van der Waals surface area (Å²) in [6, 6.07) is 11.2. The summed E-state index contributed by atoms with van der Waals surface area (Å²) in [5.41, 5.74) is 1.71. The highest BCUT2D eigenvalue weighted by molar-refractivity contribution is 8.14. The van der Waals surface area contributed by atoms with Gasteiger partial charge in [0.2, 0.25) is 5.95 Å². The fraction of sp³-hybridized carbons (Fsp3) is 0.333. The average Bonchev–Trinajstić information content (AvgIpc) is 2.85. The standard InChI is InChI=1S/C24H27N5O2S/c1-4-32(3)19-9-5-7-17(13-19)23(31)18-8-6-12-29(15-18)24-27-21(14-22(30)28(24)2)20-10-11-25-16-26-20/h4-5,7,9-11,13-14,16,18H,6,8,12,15H2,1-3H3. The van der Waals surface area contributed by atoms with Crippen molar-refractivity contribution in [3.05, 3.63) is 64.8 Å². The van der Waals surface area contributed by atoms with Crippen molar-refractivity contribution >= 4 is 27.6 Å². The number of nitrogens with zero attached hydrogens (tertiary/aromatic N) is 5. The van der Waals surface area contributed by atoms with Crippen LogP contribution in [0.2, 0.25) is 0 Å². The summed E-state index contributed by atoms with van der Waals surface area (Å²) < 4.78 is 1.54. The third-order valence-corrected chi connectivity index (χ3v) is 7.58. The highest BCUT2D eigenvalue weighted by Gasteiger charge is 2.29. The van der Waals surface area contributed by atoms with Crippen molar-refractivity contribution in [1.29, 1.82) is 0 Å². The maximum atomic E-state index is 13.3. The molecule has 2 unspecified atom stereocenters. The van der Waals surface area contributed by atoms with Gasteiger partial charge in [0, 0.05) is 48.8 Å². The summed E-state index contributed by atoms with van der Waals surface area (Å²) in [7, 11) is 1.73. The van der Waals surface area contributed by atoms with E-state index in [9.17, 15) is 9.59 Å². The Bertz CT molecular complexity index is 1220. The van der Waals surface area contributed by atoms with Gasteiger partial charge in [0.15, 0.2) is 5.78 Å². The van der Waals surface area contributed by atoms with Gasteiger partial charge in [0.25, 0.3) is 5.56 Å². The monoisotopic (exact) mass is 449 g/mol. The summed E-state index contributed by atoms with van der Waals surface area (Å²) in [5, 5.41) is 2.16. The van der Waals surface area contributed by atoms with Crippen LogP contribution < -0.4 is 10.5 Å². The molecule has 7 nitrogen and oxygen atoms in total. The van der Waals surface area contributed by atoms with E-state index in [2.05, 4.69) is 27.7 Å². The first-order valence-corrected chi connectivity index (χ1v) is 12.4. The van der Waals surface area contributed by atoms with Crippen molar-refractivity contribution in [2.24, 2.45) is 13.0 Å². The zero-order chi connectivity index (χ0) is 22.7. The van der Waals surface area contributed by atoms with Crippen LogP contribution in [0.15, 0.2) is 58.6 Å². The van der Waals surface area contributed by atoms with Crippen LogP contribution in [0.1, 0.15) is 30.1 Å². The molecule has 0 saturated carbocycles. The van der Waals surface area contributed by atoms with E-state index in [1.54, 1.807) is 19.3 Å². The minimum atomic E-state index is -0.157. The third-order valence-electron chi connectivity index (χ3n) is 5.87. The number of carbonyl (C=O) groups is 1. The number of hydrogen-bond donors (Lipinski definition) is 0. The smallest absolute Gasteiger partial charge is 0.255 e. The molecule has 0 N–H and O–H groups in total. The zero-order valence-electron chi connectivity index (χ0n) is 18.6. The second kappa shape index (κ2) is 9.56. The zero-order valence-corrected chi connectivity index (χ0v) is 19.4. The molecule has 3 aromatic rings. The molecule has 4 rings (SSSR count). The van der Waals surface area contributed by atoms with Gasteiger partial charge in [-0.15, -0.1) is 0 Å². The number of aromatic nitrogens is 4. The average molecular weight is 450 g/mol. The Balaban J connectivity index is 1.62. The molecule has 2 aromatic heterocycles. The van der Waals surface area contributed by atoms with Crippen LogP contribution >= 0.6 is 10.5 Å². The minimum Gasteiger partial charge on any atom is -0.341 e. The van der Waals surface area contributed by atoms with Crippen LogP contribution in [0.5, 0.6) is 0 Å². The van der Waals surface area contributed by atoms with Gasteiger partial charge in [0.1, 0.15) is 6.33 Å². The predicted octanol–water partition coefficient (Wildman–Crippen LogP) is 3.42. The SMILES string of the molecule is C/C=S(\C)c1cccc(C(=O)C2CCCN(c3nc(-c4ccncn4)cc(=O)n3C)C2)c1. The van der Waals surface area contributed by atoms with Crippen molar-refractivity contribution in [2.45, 2.75) is 24.7 Å². The number of rotatable bonds is 5. The fourth-order valence-corrected chi connectivity index (χ4v) is 4.86. The second-order valence-electron chi connectivity index (χ2n) is 7.90. The Kier molecular flexibility index (Phi) is 6.60. The van der Waals surface area contributed by atoms with E-state index in [-0.39, 0.29) is 27.7 Å². The quantitative estimate of drug-likeness (QED) is 0.439. The first-order valence-electron chi connectivity index (χ1n) is 10.7. The molecule has 1 aliphatic heterocycles. The van der Waals surface area contributed by atoms with Crippen molar-refractivity contribution < 1.29 is 4.79 Å². The molecule has 0 bridgehead atoms. The summed E-state index contributed by atoms with van der Waals surface area (Å²) >= 11 is 0. The maximum absolute atomic E-state index is 13.3. The molecular weight excluding hydrogens is 422 g/mol. The number of carbonyl (C=O) groups excluding carboxylic acids is 1. The number of piperidine rings is 1. The Morgan fingerprint density at radius 1 is 1.22 bits per heavy atom. The maximum Gasteiger partial charge on any atom is 0.255 e. The molecule has 2 atom stereocenters. The normalized spacial score (nSPS) is 17.3. The van der Waals surface area contributed by atoms with Gasteiger partial charge in [-0.3, -0.25) is 14.2 Å². The van der Waals surface area contributed by atoms with Gasteiger partial charge in [0.05, 0.1) is 11.4 Å². The highest BCUT2D eigenvalue weighted by atomic mass is 32.2. The largest absolute Gasteiger partial charge is 0.341 e. The lowest BCUT2D eigenvalue weighted by atomic mass is 9.90. The van der Waals surface area contributed by atoms with E-state index < -0.39 is 0 Å². The van der Waals surface area contributed by atoms with Crippen molar-refractivity contribution in [3.8, 4) is 11.4 Å². The van der Waals surface area contributed by atoms with Crippen molar-refractivity contribution in [1.82, 2.24) is 19.5 Å². The van der Waals surface area contributed by atoms with Crippen LogP contribution in [-0.2, 0) is 7.05 Å². The molecule has 0 amide bonds. The van der Waals surface area contributed by atoms with Gasteiger partial charge < -0.3 is 4.90 Å². The first kappa shape index (κ1) is 22.1. The van der Waals surface area contributed by atoms with Gasteiger partial charge in [-0.1, -0.05) is 17.5 Å².